The van der Waals surface area contributed by atoms with Crippen molar-refractivity contribution in [3.63, 3.8) is 0 Å². The van der Waals surface area contributed by atoms with Crippen LogP contribution in [0.4, 0.5) is 5.69 Å². The van der Waals surface area contributed by atoms with Crippen LogP contribution in [-0.2, 0) is 27.2 Å². The highest BCUT2D eigenvalue weighted by Crippen LogP contribution is 2.26. The fourth-order valence-corrected chi connectivity index (χ4v) is 6.59. The van der Waals surface area contributed by atoms with Crippen molar-refractivity contribution in [2.45, 2.75) is 89.6 Å². The predicted octanol–water partition coefficient (Wildman–Crippen LogP) is 7.54. The Bertz CT molecular complexity index is 1890. The first kappa shape index (κ1) is 41.2. The minimum atomic E-state index is -1.25. The van der Waals surface area contributed by atoms with E-state index in [1.54, 1.807) is 97.1 Å². The highest BCUT2D eigenvalue weighted by Gasteiger charge is 2.28. The number of benzene rings is 4. The summed E-state index contributed by atoms with van der Waals surface area (Å²) in [5, 5.41) is 18.2. The standard InChI is InChI=1S/C45H51N3O8/c1-2-3-4-5-11-28-55-37-26-20-35(21-27-37)45(54)56-38-24-16-32(17-25-38)29-39(43(51)48-40(44(52)53)30-31-12-7-6-8-13-31)47-42(50)34-18-22-36(23-19-34)46-41(49)33-14-9-10-15-33/h6-8,12-13,16-27,33,39-40H,2-5,9-11,14-15,28-30H2,1H3,(H,46,49)(H,47,50)(H,48,51)(H,52,53)/t39-,40-/m0/s1. The number of carbonyl (C=O) groups excluding carboxylic acids is 4. The van der Waals surface area contributed by atoms with Gasteiger partial charge < -0.3 is 30.5 Å². The van der Waals surface area contributed by atoms with E-state index in [0.29, 0.717) is 29.2 Å². The Morgan fingerprint density at radius 1 is 0.679 bits per heavy atom. The lowest BCUT2D eigenvalue weighted by Crippen LogP contribution is -2.53. The van der Waals surface area contributed by atoms with Gasteiger partial charge in [-0.05, 0) is 91.1 Å². The molecule has 1 aliphatic carbocycles. The monoisotopic (exact) mass is 761 g/mol. The maximum atomic E-state index is 13.7. The van der Waals surface area contributed by atoms with Crippen LogP contribution in [0.1, 0.15) is 96.6 Å². The van der Waals surface area contributed by atoms with Crippen molar-refractivity contribution < 1.29 is 38.6 Å². The van der Waals surface area contributed by atoms with Gasteiger partial charge in [-0.15, -0.1) is 0 Å². The summed E-state index contributed by atoms with van der Waals surface area (Å²) in [6.07, 6.45) is 9.56. The largest absolute Gasteiger partial charge is 0.494 e. The van der Waals surface area contributed by atoms with Crippen LogP contribution in [0.2, 0.25) is 0 Å². The molecular weight excluding hydrogens is 711 g/mol. The van der Waals surface area contributed by atoms with Gasteiger partial charge >= 0.3 is 11.9 Å². The molecule has 4 aromatic rings. The van der Waals surface area contributed by atoms with E-state index in [4.69, 9.17) is 9.47 Å². The zero-order valence-corrected chi connectivity index (χ0v) is 31.8. The van der Waals surface area contributed by atoms with Crippen LogP contribution < -0.4 is 25.4 Å². The number of carboxylic acids is 1. The third-order valence-corrected chi connectivity index (χ3v) is 9.84. The van der Waals surface area contributed by atoms with Gasteiger partial charge in [0.1, 0.15) is 23.6 Å². The number of aliphatic carboxylic acids is 1. The van der Waals surface area contributed by atoms with Crippen LogP contribution in [0.3, 0.4) is 0 Å². The Balaban J connectivity index is 1.22. The van der Waals surface area contributed by atoms with E-state index in [1.807, 2.05) is 6.07 Å². The molecule has 1 saturated carbocycles. The third-order valence-electron chi connectivity index (χ3n) is 9.84. The van der Waals surface area contributed by atoms with Crippen molar-refractivity contribution in [3.8, 4) is 11.5 Å². The number of ether oxygens (including phenoxy) is 2. The summed E-state index contributed by atoms with van der Waals surface area (Å²) in [6.45, 7) is 2.80. The van der Waals surface area contributed by atoms with Crippen molar-refractivity contribution in [2.75, 3.05) is 11.9 Å². The molecule has 3 amide bonds. The van der Waals surface area contributed by atoms with Crippen molar-refractivity contribution in [3.05, 3.63) is 125 Å². The summed E-state index contributed by atoms with van der Waals surface area (Å²) < 4.78 is 11.4. The predicted molar refractivity (Wildman–Crippen MR) is 214 cm³/mol. The number of hydrogen-bond donors (Lipinski definition) is 4. The van der Waals surface area contributed by atoms with E-state index in [0.717, 1.165) is 44.1 Å². The van der Waals surface area contributed by atoms with Gasteiger partial charge in [-0.3, -0.25) is 14.4 Å². The van der Waals surface area contributed by atoms with Gasteiger partial charge in [-0.1, -0.05) is 87.9 Å². The Labute approximate surface area is 328 Å². The quantitative estimate of drug-likeness (QED) is 0.0409. The number of esters is 1. The fraction of sp³-hybridized carbons (Fsp3) is 0.356. The molecule has 0 unspecified atom stereocenters. The van der Waals surface area contributed by atoms with Crippen LogP contribution >= 0.6 is 0 Å². The molecule has 11 heteroatoms. The van der Waals surface area contributed by atoms with Crippen LogP contribution in [-0.4, -0.2) is 53.5 Å². The van der Waals surface area contributed by atoms with Gasteiger partial charge in [0, 0.05) is 30.0 Å². The smallest absolute Gasteiger partial charge is 0.343 e. The average molecular weight is 762 g/mol. The van der Waals surface area contributed by atoms with Crippen LogP contribution in [0, 0.1) is 5.92 Å². The number of unbranched alkanes of at least 4 members (excludes halogenated alkanes) is 4. The van der Waals surface area contributed by atoms with Gasteiger partial charge in [-0.25, -0.2) is 9.59 Å². The molecule has 0 bridgehead atoms. The van der Waals surface area contributed by atoms with E-state index < -0.39 is 35.8 Å². The van der Waals surface area contributed by atoms with Crippen molar-refractivity contribution in [1.82, 2.24) is 10.6 Å². The first-order chi connectivity index (χ1) is 27.2. The summed E-state index contributed by atoms with van der Waals surface area (Å²) in [7, 11) is 0. The van der Waals surface area contributed by atoms with Crippen LogP contribution in [0.5, 0.6) is 11.5 Å². The topological polar surface area (TPSA) is 160 Å². The zero-order valence-electron chi connectivity index (χ0n) is 31.8. The number of nitrogens with one attached hydrogen (secondary N) is 3. The molecule has 4 N–H and O–H groups in total. The Kier molecular flexibility index (Phi) is 15.6. The van der Waals surface area contributed by atoms with Crippen molar-refractivity contribution in [2.24, 2.45) is 5.92 Å². The molecule has 0 saturated heterocycles. The van der Waals surface area contributed by atoms with Crippen LogP contribution in [0.15, 0.2) is 103 Å². The zero-order chi connectivity index (χ0) is 39.7. The second-order valence-corrected chi connectivity index (χ2v) is 14.2. The Morgan fingerprint density at radius 2 is 1.29 bits per heavy atom. The number of carbonyl (C=O) groups is 5. The number of anilines is 1. The molecule has 2 atom stereocenters. The molecule has 0 aromatic heterocycles. The van der Waals surface area contributed by atoms with Gasteiger partial charge in [0.2, 0.25) is 11.8 Å². The molecule has 5 rings (SSSR count). The molecule has 56 heavy (non-hydrogen) atoms. The van der Waals surface area contributed by atoms with E-state index in [2.05, 4.69) is 22.9 Å². The normalized spacial score (nSPS) is 13.6. The van der Waals surface area contributed by atoms with Gasteiger partial charge in [0.15, 0.2) is 0 Å². The summed E-state index contributed by atoms with van der Waals surface area (Å²) >= 11 is 0. The molecule has 11 nitrogen and oxygen atoms in total. The van der Waals surface area contributed by atoms with Crippen molar-refractivity contribution >= 4 is 35.3 Å². The molecule has 1 fully saturated rings. The van der Waals surface area contributed by atoms with Crippen LogP contribution in [0.25, 0.3) is 0 Å². The summed E-state index contributed by atoms with van der Waals surface area (Å²) in [6, 6.07) is 26.2. The SMILES string of the molecule is CCCCCCCOc1ccc(C(=O)Oc2ccc(C[C@H](NC(=O)c3ccc(NC(=O)C4CCCC4)cc3)C(=O)N[C@@H](Cc3ccccc3)C(=O)O)cc2)cc1. The Morgan fingerprint density at radius 3 is 1.95 bits per heavy atom. The van der Waals surface area contributed by atoms with Crippen molar-refractivity contribution in [1.29, 1.82) is 0 Å². The second-order valence-electron chi connectivity index (χ2n) is 14.2. The number of hydrogen-bond acceptors (Lipinski definition) is 7. The summed E-state index contributed by atoms with van der Waals surface area (Å²) in [4.78, 5) is 64.9. The molecule has 0 spiro atoms. The molecule has 0 aliphatic heterocycles. The highest BCUT2D eigenvalue weighted by molar-refractivity contribution is 5.99. The van der Waals surface area contributed by atoms with E-state index in [9.17, 15) is 29.1 Å². The number of amides is 3. The summed E-state index contributed by atoms with van der Waals surface area (Å²) in [5.41, 5.74) is 2.53. The molecular formula is C45H51N3O8. The van der Waals surface area contributed by atoms with E-state index in [1.165, 1.54) is 19.3 Å². The molecule has 4 aromatic carbocycles. The van der Waals surface area contributed by atoms with Gasteiger partial charge in [0.25, 0.3) is 5.91 Å². The Hall–Kier alpha value is -5.97. The minimum Gasteiger partial charge on any atom is -0.494 e. The van der Waals surface area contributed by atoms with Gasteiger partial charge in [-0.2, -0.15) is 0 Å². The lowest BCUT2D eigenvalue weighted by atomic mass is 10.0. The number of carboxylic acid groups (broad SMARTS) is 1. The van der Waals surface area contributed by atoms with E-state index in [-0.39, 0.29) is 36.0 Å². The first-order valence-electron chi connectivity index (χ1n) is 19.5. The maximum absolute atomic E-state index is 13.7. The second kappa shape index (κ2) is 21.2. The summed E-state index contributed by atoms with van der Waals surface area (Å²) in [5.74, 6) is -2.08. The minimum absolute atomic E-state index is 0.0119. The lowest BCUT2D eigenvalue weighted by molar-refractivity contribution is -0.142. The first-order valence-corrected chi connectivity index (χ1v) is 19.5. The molecule has 0 heterocycles. The molecule has 1 aliphatic rings. The third kappa shape index (κ3) is 12.8. The number of rotatable bonds is 20. The maximum Gasteiger partial charge on any atom is 0.343 e. The highest BCUT2D eigenvalue weighted by atomic mass is 16.5. The molecule has 0 radical (unpaired) electrons. The lowest BCUT2D eigenvalue weighted by Gasteiger charge is -2.22. The van der Waals surface area contributed by atoms with E-state index >= 15 is 0 Å². The fourth-order valence-electron chi connectivity index (χ4n) is 6.59. The average Bonchev–Trinajstić information content (AvgIpc) is 3.76. The van der Waals surface area contributed by atoms with Gasteiger partial charge in [0.05, 0.1) is 12.2 Å². The molecule has 294 valence electrons.